The molecule has 2 fully saturated rings. The van der Waals surface area contributed by atoms with Crippen LogP contribution in [0.4, 0.5) is 5.69 Å². The second kappa shape index (κ2) is 10.8. The largest absolute Gasteiger partial charge is 0.372 e. The molecule has 1 saturated heterocycles. The van der Waals surface area contributed by atoms with Gasteiger partial charge in [-0.05, 0) is 42.7 Å². The number of carbonyl (C=O) groups is 4. The smallest absolute Gasteiger partial charge is 0.245 e. The topological polar surface area (TPSA) is 119 Å². The average Bonchev–Trinajstić information content (AvgIpc) is 3.48. The van der Waals surface area contributed by atoms with E-state index in [0.717, 1.165) is 31.4 Å². The fourth-order valence-corrected chi connectivity index (χ4v) is 6.10. The monoisotopic (exact) mass is 512 g/mol. The molecule has 2 aliphatic heterocycles. The van der Waals surface area contributed by atoms with E-state index in [1.54, 1.807) is 4.90 Å². The highest BCUT2D eigenvalue weighted by Crippen LogP contribution is 2.39. The Bertz CT molecular complexity index is 1020. The molecule has 9 nitrogen and oxygen atoms in total. The van der Waals surface area contributed by atoms with E-state index in [2.05, 4.69) is 10.6 Å². The van der Waals surface area contributed by atoms with Gasteiger partial charge in [-0.2, -0.15) is 0 Å². The highest BCUT2D eigenvalue weighted by Gasteiger charge is 2.48. The van der Waals surface area contributed by atoms with Crippen LogP contribution in [0.2, 0.25) is 0 Å². The van der Waals surface area contributed by atoms with Crippen LogP contribution in [0.3, 0.4) is 0 Å². The lowest BCUT2D eigenvalue weighted by Gasteiger charge is -2.42. The van der Waals surface area contributed by atoms with Crippen molar-refractivity contribution in [2.45, 2.75) is 77.3 Å². The highest BCUT2D eigenvalue weighted by atomic mass is 16.5. The lowest BCUT2D eigenvalue weighted by Crippen LogP contribution is -2.60. The zero-order valence-electron chi connectivity index (χ0n) is 22.2. The number of carbonyl (C=O) groups excluding carboxylic acids is 4. The number of benzene rings is 1. The van der Waals surface area contributed by atoms with Crippen LogP contribution in [-0.4, -0.2) is 70.4 Å². The summed E-state index contributed by atoms with van der Waals surface area (Å²) in [5.41, 5.74) is 0.297. The van der Waals surface area contributed by atoms with Crippen molar-refractivity contribution in [2.24, 2.45) is 17.3 Å². The summed E-state index contributed by atoms with van der Waals surface area (Å²) < 4.78 is 0. The number of likely N-dealkylation sites (tertiary alicyclic amines) is 1. The molecule has 0 radical (unpaired) electrons. The number of anilines is 1. The van der Waals surface area contributed by atoms with Crippen molar-refractivity contribution < 1.29 is 24.4 Å². The van der Waals surface area contributed by atoms with Crippen LogP contribution in [0.5, 0.6) is 0 Å². The number of nitrogens with one attached hydrogen (secondary N) is 2. The minimum absolute atomic E-state index is 0.0781. The fourth-order valence-electron chi connectivity index (χ4n) is 6.10. The summed E-state index contributed by atoms with van der Waals surface area (Å²) in [6.07, 6.45) is 6.19. The van der Waals surface area contributed by atoms with Gasteiger partial charge in [-0.15, -0.1) is 0 Å². The summed E-state index contributed by atoms with van der Waals surface area (Å²) in [6.45, 7) is 6.46. The molecule has 2 heterocycles. The van der Waals surface area contributed by atoms with Crippen molar-refractivity contribution in [2.75, 3.05) is 25.0 Å². The maximum atomic E-state index is 13.7. The molecule has 202 valence electrons. The van der Waals surface area contributed by atoms with E-state index >= 15 is 0 Å². The predicted molar refractivity (Wildman–Crippen MR) is 139 cm³/mol. The molecule has 3 aliphatic rings. The highest BCUT2D eigenvalue weighted by molar-refractivity contribution is 6.13. The van der Waals surface area contributed by atoms with E-state index in [-0.39, 0.29) is 24.1 Å². The van der Waals surface area contributed by atoms with Crippen LogP contribution in [0.15, 0.2) is 24.3 Å². The van der Waals surface area contributed by atoms with E-state index in [9.17, 15) is 24.4 Å². The van der Waals surface area contributed by atoms with Gasteiger partial charge < -0.3 is 15.5 Å². The summed E-state index contributed by atoms with van der Waals surface area (Å²) in [7, 11) is 0. The third kappa shape index (κ3) is 5.81. The van der Waals surface area contributed by atoms with Crippen molar-refractivity contribution in [3.8, 4) is 0 Å². The summed E-state index contributed by atoms with van der Waals surface area (Å²) in [5, 5.41) is 16.7. The number of hydrogen-bond donors (Lipinski definition) is 3. The molecule has 1 spiro atoms. The summed E-state index contributed by atoms with van der Waals surface area (Å²) in [6, 6.07) is 6.73. The van der Waals surface area contributed by atoms with Crippen molar-refractivity contribution >= 4 is 29.7 Å². The van der Waals surface area contributed by atoms with Gasteiger partial charge in [-0.1, -0.05) is 58.6 Å². The van der Waals surface area contributed by atoms with Crippen LogP contribution in [0.1, 0.15) is 76.1 Å². The Morgan fingerprint density at radius 1 is 1.22 bits per heavy atom. The Kier molecular flexibility index (Phi) is 7.92. The molecule has 2 atom stereocenters. The number of piperidine rings is 1. The van der Waals surface area contributed by atoms with Gasteiger partial charge in [0.15, 0.2) is 5.78 Å². The number of fused-ring (bicyclic) bond motifs is 1. The molecule has 1 aromatic rings. The van der Waals surface area contributed by atoms with E-state index in [4.69, 9.17) is 0 Å². The van der Waals surface area contributed by atoms with Crippen LogP contribution in [-0.2, 0) is 14.4 Å². The predicted octanol–water partition coefficient (Wildman–Crippen LogP) is 3.23. The van der Waals surface area contributed by atoms with Gasteiger partial charge in [0, 0.05) is 24.3 Å². The Morgan fingerprint density at radius 2 is 1.86 bits per heavy atom. The van der Waals surface area contributed by atoms with Gasteiger partial charge >= 0.3 is 0 Å². The van der Waals surface area contributed by atoms with Crippen molar-refractivity contribution in [3.05, 3.63) is 29.8 Å². The molecular weight excluding hydrogens is 472 g/mol. The van der Waals surface area contributed by atoms with Gasteiger partial charge in [-0.25, -0.2) is 5.06 Å². The van der Waals surface area contributed by atoms with Gasteiger partial charge in [0.2, 0.25) is 18.2 Å². The number of rotatable bonds is 8. The molecule has 0 aromatic heterocycles. The molecule has 0 bridgehead atoms. The summed E-state index contributed by atoms with van der Waals surface area (Å²) >= 11 is 0. The van der Waals surface area contributed by atoms with E-state index in [0.29, 0.717) is 55.3 Å². The minimum atomic E-state index is -0.770. The third-order valence-corrected chi connectivity index (χ3v) is 8.30. The number of ketones is 1. The molecule has 1 aliphatic carbocycles. The molecule has 4 rings (SSSR count). The normalized spacial score (nSPS) is 20.8. The molecule has 1 aromatic carbocycles. The molecule has 3 amide bonds. The first kappa shape index (κ1) is 27.1. The Hall–Kier alpha value is -2.94. The second-order valence-electron chi connectivity index (χ2n) is 12.0. The summed E-state index contributed by atoms with van der Waals surface area (Å²) in [4.78, 5) is 53.1. The van der Waals surface area contributed by atoms with Crippen molar-refractivity contribution in [3.63, 3.8) is 0 Å². The van der Waals surface area contributed by atoms with E-state index in [1.807, 2.05) is 45.0 Å². The molecule has 37 heavy (non-hydrogen) atoms. The molecule has 9 heteroatoms. The van der Waals surface area contributed by atoms with E-state index < -0.39 is 22.9 Å². The van der Waals surface area contributed by atoms with E-state index in [1.165, 1.54) is 0 Å². The number of para-hydroxylation sites is 1. The third-order valence-electron chi connectivity index (χ3n) is 8.30. The Morgan fingerprint density at radius 3 is 2.46 bits per heavy atom. The molecule has 3 N–H and O–H groups in total. The quantitative estimate of drug-likeness (QED) is 0.280. The maximum Gasteiger partial charge on any atom is 0.245 e. The average molecular weight is 513 g/mol. The zero-order chi connectivity index (χ0) is 26.8. The lowest BCUT2D eigenvalue weighted by atomic mass is 9.81. The van der Waals surface area contributed by atoms with Crippen LogP contribution < -0.4 is 10.6 Å². The van der Waals surface area contributed by atoms with Crippen molar-refractivity contribution in [1.29, 1.82) is 0 Å². The van der Waals surface area contributed by atoms with Crippen molar-refractivity contribution in [1.82, 2.24) is 15.3 Å². The van der Waals surface area contributed by atoms with Gasteiger partial charge in [0.05, 0.1) is 12.5 Å². The Balaban J connectivity index is 1.43. The second-order valence-corrected chi connectivity index (χ2v) is 12.0. The lowest BCUT2D eigenvalue weighted by molar-refractivity contribution is -0.156. The fraction of sp³-hybridized carbons (Fsp3) is 0.643. The zero-order valence-corrected chi connectivity index (χ0v) is 22.2. The first-order valence-electron chi connectivity index (χ1n) is 13.5. The molecule has 1 saturated carbocycles. The van der Waals surface area contributed by atoms with Gasteiger partial charge in [0.1, 0.15) is 11.6 Å². The molecular formula is C28H40N4O5. The number of Topliss-reactive ketones (excluding diaryl/α,β-unsaturated/α-hetero) is 1. The first-order chi connectivity index (χ1) is 17.5. The van der Waals surface area contributed by atoms with Crippen LogP contribution >= 0.6 is 0 Å². The Labute approximate surface area is 218 Å². The van der Waals surface area contributed by atoms with Crippen LogP contribution in [0.25, 0.3) is 0 Å². The minimum Gasteiger partial charge on any atom is -0.372 e. The number of nitrogens with zero attached hydrogens (tertiary/aromatic N) is 2. The first-order valence-corrected chi connectivity index (χ1v) is 13.5. The number of hydrogen-bond acceptors (Lipinski definition) is 6. The van der Waals surface area contributed by atoms with Crippen LogP contribution in [0, 0.1) is 17.3 Å². The van der Waals surface area contributed by atoms with Gasteiger partial charge in [0.25, 0.3) is 0 Å². The number of hydroxylamine groups is 2. The molecule has 0 unspecified atom stereocenters. The van der Waals surface area contributed by atoms with Gasteiger partial charge in [-0.3, -0.25) is 24.4 Å². The maximum absolute atomic E-state index is 13.7. The summed E-state index contributed by atoms with van der Waals surface area (Å²) in [5.74, 6) is -0.639. The number of amides is 3. The SMILES string of the molecule is CC(C)(C)[C@H](NC(=O)[C@H](CC1CCCC1)CN(O)C=O)C(=O)N1CCC2(CC1)Nc1ccccc1C2=O. The standard InChI is InChI=1S/C28H40N4O5/c1-27(2,3)23(29-25(35)20(17-32(37)18-33)16-19-8-4-5-9-19)26(36)31-14-12-28(13-15-31)24(34)21-10-6-7-11-22(21)30-28/h6-7,10-11,18-20,23,30,37H,4-5,8-9,12-17H2,1-3H3,(H,29,35)/t20-,23-/m1/s1.